The van der Waals surface area contributed by atoms with E-state index in [0.717, 1.165) is 6.42 Å². The molecule has 0 amide bonds. The van der Waals surface area contributed by atoms with Crippen LogP contribution in [-0.4, -0.2) is 12.7 Å². The van der Waals surface area contributed by atoms with Crippen molar-refractivity contribution >= 4 is 0 Å². The fourth-order valence-corrected chi connectivity index (χ4v) is 0.602. The lowest BCUT2D eigenvalue weighted by molar-refractivity contribution is -0.326. The average Bonchev–Trinajstić information content (AvgIpc) is 1.98. The van der Waals surface area contributed by atoms with E-state index in [9.17, 15) is 0 Å². The predicted molar refractivity (Wildman–Crippen MR) is 41.6 cm³/mol. The van der Waals surface area contributed by atoms with Crippen LogP contribution in [-0.2, 0) is 9.78 Å². The summed E-state index contributed by atoms with van der Waals surface area (Å²) in [7, 11) is 0. The van der Waals surface area contributed by atoms with Gasteiger partial charge in [-0.25, -0.2) is 9.78 Å². The maximum Gasteiger partial charge on any atom is 0.0927 e. The molecule has 2 unspecified atom stereocenters. The van der Waals surface area contributed by atoms with Gasteiger partial charge in [0.25, 0.3) is 0 Å². The summed E-state index contributed by atoms with van der Waals surface area (Å²) in [5.74, 6) is 0.576. The Morgan fingerprint density at radius 2 is 1.80 bits per heavy atom. The van der Waals surface area contributed by atoms with E-state index in [4.69, 9.17) is 9.78 Å². The van der Waals surface area contributed by atoms with Crippen molar-refractivity contribution in [2.45, 2.75) is 40.2 Å². The molecule has 2 heteroatoms. The highest BCUT2D eigenvalue weighted by Gasteiger charge is 2.10. The van der Waals surface area contributed by atoms with Gasteiger partial charge < -0.3 is 0 Å². The molecule has 62 valence electrons. The number of rotatable bonds is 5. The summed E-state index contributed by atoms with van der Waals surface area (Å²) in [4.78, 5) is 9.86. The highest BCUT2D eigenvalue weighted by Crippen LogP contribution is 2.10. The molecule has 0 bridgehead atoms. The zero-order chi connectivity index (χ0) is 7.98. The summed E-state index contributed by atoms with van der Waals surface area (Å²) in [6.45, 7) is 8.88. The van der Waals surface area contributed by atoms with E-state index >= 15 is 0 Å². The molecule has 0 spiro atoms. The minimum atomic E-state index is 0.213. The second kappa shape index (κ2) is 5.69. The van der Waals surface area contributed by atoms with Gasteiger partial charge in [-0.15, -0.1) is 0 Å². The van der Waals surface area contributed by atoms with Crippen molar-refractivity contribution in [3.8, 4) is 0 Å². The van der Waals surface area contributed by atoms with Crippen molar-refractivity contribution < 1.29 is 9.78 Å². The molecule has 0 aromatic heterocycles. The summed E-state index contributed by atoms with van der Waals surface area (Å²) in [5, 5.41) is 0. The third-order valence-electron chi connectivity index (χ3n) is 1.78. The van der Waals surface area contributed by atoms with Crippen LogP contribution < -0.4 is 0 Å². The first-order chi connectivity index (χ1) is 4.72. The Morgan fingerprint density at radius 3 is 2.20 bits per heavy atom. The molecule has 0 aromatic carbocycles. The molecule has 0 aromatic rings. The van der Waals surface area contributed by atoms with Crippen LogP contribution in [0.1, 0.15) is 34.1 Å². The fraction of sp³-hybridized carbons (Fsp3) is 1.00. The first-order valence-corrected chi connectivity index (χ1v) is 4.00. The fourth-order valence-electron chi connectivity index (χ4n) is 0.602. The molecular weight excluding hydrogens is 128 g/mol. The number of hydrogen-bond acceptors (Lipinski definition) is 2. The van der Waals surface area contributed by atoms with Gasteiger partial charge >= 0.3 is 0 Å². The highest BCUT2D eigenvalue weighted by atomic mass is 17.2. The van der Waals surface area contributed by atoms with Crippen molar-refractivity contribution in [1.82, 2.24) is 0 Å². The third kappa shape index (κ3) is 3.85. The molecular formula is C8H18O2. The maximum atomic E-state index is 5.04. The van der Waals surface area contributed by atoms with Crippen LogP contribution in [0, 0.1) is 5.92 Å². The van der Waals surface area contributed by atoms with Crippen molar-refractivity contribution in [2.75, 3.05) is 6.61 Å². The van der Waals surface area contributed by atoms with Crippen molar-refractivity contribution in [1.29, 1.82) is 0 Å². The SMILES string of the molecule is CCOOC(C)C(C)CC. The number of hydrogen-bond donors (Lipinski definition) is 0. The predicted octanol–water partition coefficient (Wildman–Crippen LogP) is 2.39. The highest BCUT2D eigenvalue weighted by molar-refractivity contribution is 4.56. The van der Waals surface area contributed by atoms with Gasteiger partial charge in [0, 0.05) is 0 Å². The van der Waals surface area contributed by atoms with Crippen molar-refractivity contribution in [2.24, 2.45) is 5.92 Å². The molecule has 0 fully saturated rings. The Bertz CT molecular complexity index is 73.7. The standard InChI is InChI=1S/C8H18O2/c1-5-7(3)8(4)10-9-6-2/h7-8H,5-6H2,1-4H3. The lowest BCUT2D eigenvalue weighted by Crippen LogP contribution is -2.17. The average molecular weight is 146 g/mol. The van der Waals surface area contributed by atoms with Crippen LogP contribution in [0.25, 0.3) is 0 Å². The maximum absolute atomic E-state index is 5.04. The molecule has 0 aliphatic rings. The van der Waals surface area contributed by atoms with Gasteiger partial charge in [-0.3, -0.25) is 0 Å². The zero-order valence-corrected chi connectivity index (χ0v) is 7.39. The van der Waals surface area contributed by atoms with Gasteiger partial charge in [-0.1, -0.05) is 20.3 Å². The van der Waals surface area contributed by atoms with Crippen LogP contribution in [0.4, 0.5) is 0 Å². The first-order valence-electron chi connectivity index (χ1n) is 4.00. The van der Waals surface area contributed by atoms with Crippen LogP contribution in [0.5, 0.6) is 0 Å². The van der Waals surface area contributed by atoms with E-state index in [2.05, 4.69) is 13.8 Å². The van der Waals surface area contributed by atoms with Gasteiger partial charge in [0.15, 0.2) is 0 Å². The summed E-state index contributed by atoms with van der Waals surface area (Å²) in [5.41, 5.74) is 0. The molecule has 0 saturated heterocycles. The third-order valence-corrected chi connectivity index (χ3v) is 1.78. The normalized spacial score (nSPS) is 16.8. The Balaban J connectivity index is 3.31. The molecule has 0 saturated carbocycles. The summed E-state index contributed by atoms with van der Waals surface area (Å²) in [6, 6.07) is 0. The zero-order valence-electron chi connectivity index (χ0n) is 7.39. The summed E-state index contributed by atoms with van der Waals surface area (Å²) < 4.78 is 0. The van der Waals surface area contributed by atoms with Gasteiger partial charge in [0.1, 0.15) is 0 Å². The molecule has 0 rings (SSSR count). The van der Waals surface area contributed by atoms with Crippen LogP contribution in [0.15, 0.2) is 0 Å². The van der Waals surface area contributed by atoms with E-state index in [1.54, 1.807) is 0 Å². The lowest BCUT2D eigenvalue weighted by atomic mass is 10.0. The Kier molecular flexibility index (Phi) is 5.64. The van der Waals surface area contributed by atoms with E-state index in [-0.39, 0.29) is 6.10 Å². The second-order valence-electron chi connectivity index (χ2n) is 2.59. The molecule has 0 aliphatic carbocycles. The molecule has 0 heterocycles. The minimum absolute atomic E-state index is 0.213. The van der Waals surface area contributed by atoms with Gasteiger partial charge in [0.2, 0.25) is 0 Å². The smallest absolute Gasteiger partial charge is 0.0927 e. The quantitative estimate of drug-likeness (QED) is 0.438. The van der Waals surface area contributed by atoms with Gasteiger partial charge in [-0.2, -0.15) is 0 Å². The van der Waals surface area contributed by atoms with Crippen LogP contribution in [0.3, 0.4) is 0 Å². The van der Waals surface area contributed by atoms with E-state index in [1.165, 1.54) is 0 Å². The molecule has 2 atom stereocenters. The Morgan fingerprint density at radius 1 is 1.20 bits per heavy atom. The molecule has 0 aliphatic heterocycles. The van der Waals surface area contributed by atoms with Gasteiger partial charge in [0.05, 0.1) is 12.7 Å². The topological polar surface area (TPSA) is 18.5 Å². The molecule has 0 radical (unpaired) electrons. The first kappa shape index (κ1) is 9.92. The van der Waals surface area contributed by atoms with Crippen LogP contribution in [0.2, 0.25) is 0 Å². The monoisotopic (exact) mass is 146 g/mol. The molecule has 2 nitrogen and oxygen atoms in total. The van der Waals surface area contributed by atoms with E-state index in [0.29, 0.717) is 12.5 Å². The Hall–Kier alpha value is -0.0800. The Labute approximate surface area is 63.5 Å². The van der Waals surface area contributed by atoms with E-state index in [1.807, 2.05) is 13.8 Å². The lowest BCUT2D eigenvalue weighted by Gasteiger charge is -2.16. The van der Waals surface area contributed by atoms with Crippen LogP contribution >= 0.6 is 0 Å². The van der Waals surface area contributed by atoms with Crippen molar-refractivity contribution in [3.05, 3.63) is 0 Å². The largest absolute Gasteiger partial charge is 0.237 e. The second-order valence-corrected chi connectivity index (χ2v) is 2.59. The molecule has 10 heavy (non-hydrogen) atoms. The van der Waals surface area contributed by atoms with Crippen molar-refractivity contribution in [3.63, 3.8) is 0 Å². The van der Waals surface area contributed by atoms with Gasteiger partial charge in [-0.05, 0) is 19.8 Å². The summed E-state index contributed by atoms with van der Waals surface area (Å²) in [6.07, 6.45) is 1.35. The minimum Gasteiger partial charge on any atom is -0.237 e. The summed E-state index contributed by atoms with van der Waals surface area (Å²) >= 11 is 0. The van der Waals surface area contributed by atoms with E-state index < -0.39 is 0 Å². The molecule has 0 N–H and O–H groups in total.